The molecule has 1 heterocycles. The summed E-state index contributed by atoms with van der Waals surface area (Å²) in [6.45, 7) is -0.274. The molecule has 0 fully saturated rings. The van der Waals surface area contributed by atoms with Gasteiger partial charge in [-0.3, -0.25) is 4.79 Å². The molecule has 1 atom stereocenters. The van der Waals surface area contributed by atoms with Gasteiger partial charge in [0.05, 0.1) is 12.1 Å². The number of amides is 1. The SMILES string of the molecule is NC(=O)c1ccc(-c2nnn(C[C@@H](O)c3c(F)cccc3F)n2)cc1. The number of primary amides is 1. The summed E-state index contributed by atoms with van der Waals surface area (Å²) in [4.78, 5) is 12.1. The summed E-state index contributed by atoms with van der Waals surface area (Å²) in [5.74, 6) is -2.03. The lowest BCUT2D eigenvalue weighted by molar-refractivity contribution is 0.1000. The second-order valence-corrected chi connectivity index (χ2v) is 5.26. The van der Waals surface area contributed by atoms with Gasteiger partial charge in [0, 0.05) is 11.1 Å². The molecule has 0 aliphatic rings. The maximum absolute atomic E-state index is 13.7. The van der Waals surface area contributed by atoms with Gasteiger partial charge in [-0.25, -0.2) is 8.78 Å². The molecular weight excluding hydrogens is 332 g/mol. The van der Waals surface area contributed by atoms with Gasteiger partial charge in [-0.15, -0.1) is 10.2 Å². The Bertz CT molecular complexity index is 891. The summed E-state index contributed by atoms with van der Waals surface area (Å²) in [6, 6.07) is 9.54. The lowest BCUT2D eigenvalue weighted by Crippen LogP contribution is -2.14. The largest absolute Gasteiger partial charge is 0.386 e. The first kappa shape index (κ1) is 16.7. The number of tetrazole rings is 1. The van der Waals surface area contributed by atoms with Crippen molar-refractivity contribution in [3.05, 3.63) is 65.2 Å². The van der Waals surface area contributed by atoms with Crippen molar-refractivity contribution in [2.75, 3.05) is 0 Å². The van der Waals surface area contributed by atoms with E-state index in [-0.39, 0.29) is 12.4 Å². The van der Waals surface area contributed by atoms with Crippen LogP contribution in [0.5, 0.6) is 0 Å². The van der Waals surface area contributed by atoms with Crippen molar-refractivity contribution in [3.8, 4) is 11.4 Å². The van der Waals surface area contributed by atoms with E-state index in [9.17, 15) is 18.7 Å². The smallest absolute Gasteiger partial charge is 0.248 e. The lowest BCUT2D eigenvalue weighted by atomic mass is 10.1. The molecule has 0 bridgehead atoms. The Hall–Kier alpha value is -3.20. The highest BCUT2D eigenvalue weighted by molar-refractivity contribution is 5.93. The summed E-state index contributed by atoms with van der Waals surface area (Å²) in [7, 11) is 0. The Morgan fingerprint density at radius 2 is 1.80 bits per heavy atom. The molecule has 0 aliphatic carbocycles. The molecule has 0 unspecified atom stereocenters. The van der Waals surface area contributed by atoms with E-state index in [4.69, 9.17) is 5.73 Å². The number of carbonyl (C=O) groups is 1. The summed E-state index contributed by atoms with van der Waals surface area (Å²) < 4.78 is 27.3. The maximum atomic E-state index is 13.7. The Balaban J connectivity index is 1.78. The van der Waals surface area contributed by atoms with Crippen LogP contribution in [0.4, 0.5) is 8.78 Å². The first-order valence-electron chi connectivity index (χ1n) is 7.25. The van der Waals surface area contributed by atoms with Gasteiger partial charge in [-0.05, 0) is 29.5 Å². The molecule has 0 radical (unpaired) electrons. The fraction of sp³-hybridized carbons (Fsp3) is 0.125. The lowest BCUT2D eigenvalue weighted by Gasteiger charge is -2.11. The summed E-state index contributed by atoms with van der Waals surface area (Å²) in [5, 5.41) is 21.7. The van der Waals surface area contributed by atoms with Gasteiger partial charge in [-0.2, -0.15) is 4.80 Å². The Morgan fingerprint density at radius 3 is 2.40 bits per heavy atom. The molecule has 25 heavy (non-hydrogen) atoms. The summed E-state index contributed by atoms with van der Waals surface area (Å²) >= 11 is 0. The van der Waals surface area contributed by atoms with Gasteiger partial charge in [0.2, 0.25) is 11.7 Å². The highest BCUT2D eigenvalue weighted by Crippen LogP contribution is 2.22. The second kappa shape index (κ2) is 6.73. The van der Waals surface area contributed by atoms with Crippen LogP contribution in [0.3, 0.4) is 0 Å². The Kier molecular flexibility index (Phi) is 4.48. The minimum absolute atomic E-state index is 0.234. The van der Waals surface area contributed by atoms with Crippen LogP contribution in [0.25, 0.3) is 11.4 Å². The first-order chi connectivity index (χ1) is 12.0. The topological polar surface area (TPSA) is 107 Å². The fourth-order valence-electron chi connectivity index (χ4n) is 2.29. The van der Waals surface area contributed by atoms with E-state index >= 15 is 0 Å². The molecule has 1 aromatic heterocycles. The summed E-state index contributed by atoms with van der Waals surface area (Å²) in [5.41, 5.74) is 5.62. The minimum atomic E-state index is -1.47. The quantitative estimate of drug-likeness (QED) is 0.728. The summed E-state index contributed by atoms with van der Waals surface area (Å²) in [6.07, 6.45) is -1.47. The first-order valence-corrected chi connectivity index (χ1v) is 7.25. The number of carbonyl (C=O) groups excluding carboxylic acids is 1. The minimum Gasteiger partial charge on any atom is -0.386 e. The molecule has 7 nitrogen and oxygen atoms in total. The van der Waals surface area contributed by atoms with E-state index in [1.807, 2.05) is 0 Å². The number of aliphatic hydroxyl groups is 1. The van der Waals surface area contributed by atoms with Crippen LogP contribution in [-0.4, -0.2) is 31.2 Å². The average molecular weight is 345 g/mol. The standard InChI is InChI=1S/C16H13F2N5O2/c17-11-2-1-3-12(18)14(11)13(24)8-23-21-16(20-22-23)10-6-4-9(5-7-10)15(19)25/h1-7,13,24H,8H2,(H2,19,25)/t13-/m1/s1. The zero-order valence-electron chi connectivity index (χ0n) is 12.8. The predicted octanol–water partition coefficient (Wildman–Crippen LogP) is 1.45. The van der Waals surface area contributed by atoms with E-state index in [1.54, 1.807) is 12.1 Å². The van der Waals surface area contributed by atoms with E-state index in [0.29, 0.717) is 11.1 Å². The fourth-order valence-corrected chi connectivity index (χ4v) is 2.29. The monoisotopic (exact) mass is 345 g/mol. The van der Waals surface area contributed by atoms with Crippen LogP contribution < -0.4 is 5.73 Å². The maximum Gasteiger partial charge on any atom is 0.248 e. The zero-order valence-corrected chi connectivity index (χ0v) is 12.8. The number of rotatable bonds is 5. The molecule has 3 N–H and O–H groups in total. The van der Waals surface area contributed by atoms with Crippen molar-refractivity contribution < 1.29 is 18.7 Å². The number of aromatic nitrogens is 4. The molecule has 0 aliphatic heterocycles. The number of nitrogens with two attached hydrogens (primary N) is 1. The van der Waals surface area contributed by atoms with Gasteiger partial charge in [-0.1, -0.05) is 18.2 Å². The van der Waals surface area contributed by atoms with Crippen LogP contribution in [0, 0.1) is 11.6 Å². The van der Waals surface area contributed by atoms with Gasteiger partial charge in [0.15, 0.2) is 0 Å². The Labute approximate surface area is 140 Å². The number of hydrogen-bond donors (Lipinski definition) is 2. The third-order valence-corrected chi connectivity index (χ3v) is 3.55. The van der Waals surface area contributed by atoms with Crippen molar-refractivity contribution >= 4 is 5.91 Å². The molecule has 1 amide bonds. The van der Waals surface area contributed by atoms with Crippen LogP contribution in [0.15, 0.2) is 42.5 Å². The van der Waals surface area contributed by atoms with Crippen LogP contribution in [0.1, 0.15) is 22.0 Å². The van der Waals surface area contributed by atoms with E-state index in [1.165, 1.54) is 18.2 Å². The molecular formula is C16H13F2N5O2. The number of hydrogen-bond acceptors (Lipinski definition) is 5. The highest BCUT2D eigenvalue weighted by Gasteiger charge is 2.19. The van der Waals surface area contributed by atoms with Gasteiger partial charge >= 0.3 is 0 Å². The molecule has 0 saturated heterocycles. The predicted molar refractivity (Wildman–Crippen MR) is 83.1 cm³/mol. The van der Waals surface area contributed by atoms with Crippen LogP contribution in [0.2, 0.25) is 0 Å². The van der Waals surface area contributed by atoms with Crippen LogP contribution in [-0.2, 0) is 6.54 Å². The molecule has 3 rings (SSSR count). The number of benzene rings is 2. The number of nitrogens with zero attached hydrogens (tertiary/aromatic N) is 4. The van der Waals surface area contributed by atoms with Gasteiger partial charge < -0.3 is 10.8 Å². The number of halogens is 2. The van der Waals surface area contributed by atoms with Crippen molar-refractivity contribution in [2.24, 2.45) is 5.73 Å². The van der Waals surface area contributed by atoms with Crippen molar-refractivity contribution in [1.82, 2.24) is 20.2 Å². The zero-order chi connectivity index (χ0) is 18.0. The Morgan fingerprint density at radius 1 is 1.16 bits per heavy atom. The van der Waals surface area contributed by atoms with Gasteiger partial charge in [0.25, 0.3) is 0 Å². The normalized spacial score (nSPS) is 12.1. The number of aliphatic hydroxyl groups excluding tert-OH is 1. The molecule has 0 saturated carbocycles. The van der Waals surface area contributed by atoms with E-state index in [2.05, 4.69) is 15.4 Å². The molecule has 3 aromatic rings. The van der Waals surface area contributed by atoms with Crippen molar-refractivity contribution in [1.29, 1.82) is 0 Å². The van der Waals surface area contributed by atoms with Gasteiger partial charge in [0.1, 0.15) is 17.7 Å². The van der Waals surface area contributed by atoms with E-state index < -0.39 is 29.2 Å². The average Bonchev–Trinajstić information content (AvgIpc) is 3.03. The molecule has 128 valence electrons. The van der Waals surface area contributed by atoms with Crippen LogP contribution >= 0.6 is 0 Å². The molecule has 2 aromatic carbocycles. The van der Waals surface area contributed by atoms with Crippen molar-refractivity contribution in [2.45, 2.75) is 12.6 Å². The third kappa shape index (κ3) is 3.50. The molecule has 9 heteroatoms. The van der Waals surface area contributed by atoms with Crippen molar-refractivity contribution in [3.63, 3.8) is 0 Å². The second-order valence-electron chi connectivity index (χ2n) is 5.26. The molecule has 0 spiro atoms. The van der Waals surface area contributed by atoms with E-state index in [0.717, 1.165) is 16.9 Å². The third-order valence-electron chi connectivity index (χ3n) is 3.55. The highest BCUT2D eigenvalue weighted by atomic mass is 19.1.